The van der Waals surface area contributed by atoms with Crippen molar-refractivity contribution in [1.29, 1.82) is 0 Å². The topological polar surface area (TPSA) is 12.0 Å². The van der Waals surface area contributed by atoms with E-state index in [1.165, 1.54) is 0 Å². The molecule has 0 aliphatic carbocycles. The van der Waals surface area contributed by atoms with Gasteiger partial charge in [0, 0.05) is 6.04 Å². The molecule has 1 N–H and O–H groups in total. The molecule has 1 aromatic rings. The lowest BCUT2D eigenvalue weighted by atomic mass is 9.98. The largest absolute Gasteiger partial charge is 0.390 e. The van der Waals surface area contributed by atoms with Crippen LogP contribution in [0.15, 0.2) is 24.3 Å². The highest BCUT2D eigenvalue weighted by Gasteiger charge is 2.31. The maximum atomic E-state index is 12.3. The van der Waals surface area contributed by atoms with Gasteiger partial charge in [0.25, 0.3) is 0 Å². The summed E-state index contributed by atoms with van der Waals surface area (Å²) < 4.78 is 37.0. The van der Waals surface area contributed by atoms with Crippen LogP contribution in [-0.4, -0.2) is 13.2 Å². The molecule has 0 spiro atoms. The molecule has 4 heteroatoms. The summed E-state index contributed by atoms with van der Waals surface area (Å²) >= 11 is 0. The van der Waals surface area contributed by atoms with Gasteiger partial charge in [-0.15, -0.1) is 0 Å². The molecule has 1 nitrogen and oxygen atoms in total. The molecule has 96 valence electrons. The third kappa shape index (κ3) is 4.38. The fourth-order valence-corrected chi connectivity index (χ4v) is 1.73. The molecule has 0 aliphatic heterocycles. The molecular weight excluding hydrogens is 227 g/mol. The van der Waals surface area contributed by atoms with Gasteiger partial charge < -0.3 is 5.32 Å². The van der Waals surface area contributed by atoms with Crippen LogP contribution in [0.5, 0.6) is 0 Å². The fraction of sp³-hybridized carbons (Fsp3) is 0.538. The average Bonchev–Trinajstić information content (AvgIpc) is 2.25. The van der Waals surface area contributed by atoms with Crippen LogP contribution < -0.4 is 5.32 Å². The normalized spacial score (nSPS) is 14.1. The smallest absolute Gasteiger partial charge is 0.313 e. The zero-order chi connectivity index (χ0) is 13.1. The van der Waals surface area contributed by atoms with Gasteiger partial charge in [0.2, 0.25) is 0 Å². The standard InChI is InChI=1S/C13H18F3N/c1-9(2)10-4-6-11(7-5-10)12(17-3)8-13(14,15)16/h4-7,9,12,17H,8H2,1-3H3. The van der Waals surface area contributed by atoms with E-state index in [0.717, 1.165) is 5.56 Å². The van der Waals surface area contributed by atoms with E-state index in [9.17, 15) is 13.2 Å². The zero-order valence-electron chi connectivity index (χ0n) is 10.3. The van der Waals surface area contributed by atoms with Crippen LogP contribution in [0, 0.1) is 0 Å². The van der Waals surface area contributed by atoms with Gasteiger partial charge in [-0.05, 0) is 24.1 Å². The van der Waals surface area contributed by atoms with Gasteiger partial charge in [-0.2, -0.15) is 13.2 Å². The molecule has 1 rings (SSSR count). The number of hydrogen-bond acceptors (Lipinski definition) is 1. The predicted molar refractivity (Wildman–Crippen MR) is 63.0 cm³/mol. The summed E-state index contributed by atoms with van der Waals surface area (Å²) in [6.45, 7) is 4.11. The van der Waals surface area contributed by atoms with Crippen molar-refractivity contribution < 1.29 is 13.2 Å². The molecule has 0 aliphatic rings. The van der Waals surface area contributed by atoms with Gasteiger partial charge in [0.05, 0.1) is 6.42 Å². The molecule has 0 fully saturated rings. The van der Waals surface area contributed by atoms with Gasteiger partial charge >= 0.3 is 6.18 Å². The van der Waals surface area contributed by atoms with Crippen molar-refractivity contribution in [3.63, 3.8) is 0 Å². The summed E-state index contributed by atoms with van der Waals surface area (Å²) in [5.74, 6) is 0.389. The van der Waals surface area contributed by atoms with Crippen molar-refractivity contribution in [2.45, 2.75) is 38.4 Å². The van der Waals surface area contributed by atoms with Crippen molar-refractivity contribution >= 4 is 0 Å². The third-order valence-corrected chi connectivity index (χ3v) is 2.79. The van der Waals surface area contributed by atoms with E-state index in [4.69, 9.17) is 0 Å². The Bertz CT molecular complexity index is 341. The van der Waals surface area contributed by atoms with E-state index < -0.39 is 18.6 Å². The van der Waals surface area contributed by atoms with Crippen LogP contribution in [0.25, 0.3) is 0 Å². The van der Waals surface area contributed by atoms with E-state index in [2.05, 4.69) is 19.2 Å². The van der Waals surface area contributed by atoms with Crippen molar-refractivity contribution in [3.8, 4) is 0 Å². The maximum absolute atomic E-state index is 12.3. The highest BCUT2D eigenvalue weighted by Crippen LogP contribution is 2.29. The third-order valence-electron chi connectivity index (χ3n) is 2.79. The van der Waals surface area contributed by atoms with Gasteiger partial charge in [-0.3, -0.25) is 0 Å². The second-order valence-corrected chi connectivity index (χ2v) is 4.48. The predicted octanol–water partition coefficient (Wildman–Crippen LogP) is 4.02. The summed E-state index contributed by atoms with van der Waals surface area (Å²) in [7, 11) is 1.55. The fourth-order valence-electron chi connectivity index (χ4n) is 1.73. The molecular formula is C13H18F3N. The van der Waals surface area contributed by atoms with Crippen LogP contribution >= 0.6 is 0 Å². The zero-order valence-corrected chi connectivity index (χ0v) is 10.3. The highest BCUT2D eigenvalue weighted by atomic mass is 19.4. The number of alkyl halides is 3. The number of halogens is 3. The molecule has 0 heterocycles. The molecule has 0 saturated heterocycles. The van der Waals surface area contributed by atoms with Crippen LogP contribution in [0.4, 0.5) is 13.2 Å². The molecule has 0 amide bonds. The minimum Gasteiger partial charge on any atom is -0.313 e. The number of benzene rings is 1. The summed E-state index contributed by atoms with van der Waals surface area (Å²) in [6.07, 6.45) is -4.99. The summed E-state index contributed by atoms with van der Waals surface area (Å²) in [6, 6.07) is 6.64. The Labute approximate surface area is 100 Å². The Morgan fingerprint density at radius 2 is 1.53 bits per heavy atom. The lowest BCUT2D eigenvalue weighted by molar-refractivity contribution is -0.140. The Hall–Kier alpha value is -1.03. The van der Waals surface area contributed by atoms with Gasteiger partial charge in [-0.25, -0.2) is 0 Å². The molecule has 1 unspecified atom stereocenters. The van der Waals surface area contributed by atoms with Crippen molar-refractivity contribution in [1.82, 2.24) is 5.32 Å². The molecule has 17 heavy (non-hydrogen) atoms. The summed E-state index contributed by atoms with van der Waals surface area (Å²) in [5, 5.41) is 2.70. The van der Waals surface area contributed by atoms with E-state index in [1.807, 2.05) is 12.1 Å². The van der Waals surface area contributed by atoms with Crippen molar-refractivity contribution in [2.75, 3.05) is 7.05 Å². The summed E-state index contributed by atoms with van der Waals surface area (Å²) in [4.78, 5) is 0. The molecule has 0 aromatic heterocycles. The molecule has 0 saturated carbocycles. The molecule has 0 radical (unpaired) electrons. The second-order valence-electron chi connectivity index (χ2n) is 4.48. The van der Waals surface area contributed by atoms with Crippen molar-refractivity contribution in [3.05, 3.63) is 35.4 Å². The number of rotatable bonds is 4. The Morgan fingerprint density at radius 1 is 1.06 bits per heavy atom. The summed E-state index contributed by atoms with van der Waals surface area (Å²) in [5.41, 5.74) is 1.81. The van der Waals surface area contributed by atoms with Crippen LogP contribution in [-0.2, 0) is 0 Å². The minimum absolute atomic E-state index is 0.389. The van der Waals surface area contributed by atoms with E-state index >= 15 is 0 Å². The van der Waals surface area contributed by atoms with Gasteiger partial charge in [-0.1, -0.05) is 38.1 Å². The Kier molecular flexibility index (Phi) is 4.57. The quantitative estimate of drug-likeness (QED) is 0.844. The first kappa shape index (κ1) is 14.0. The van der Waals surface area contributed by atoms with E-state index in [0.29, 0.717) is 11.5 Å². The molecule has 0 bridgehead atoms. The lowest BCUT2D eigenvalue weighted by Gasteiger charge is -2.19. The first-order valence-electron chi connectivity index (χ1n) is 5.67. The van der Waals surface area contributed by atoms with E-state index in [-0.39, 0.29) is 0 Å². The molecule has 1 aromatic carbocycles. The Morgan fingerprint density at radius 3 is 1.88 bits per heavy atom. The first-order valence-corrected chi connectivity index (χ1v) is 5.67. The van der Waals surface area contributed by atoms with Crippen molar-refractivity contribution in [2.24, 2.45) is 0 Å². The lowest BCUT2D eigenvalue weighted by Crippen LogP contribution is -2.23. The highest BCUT2D eigenvalue weighted by molar-refractivity contribution is 5.26. The van der Waals surface area contributed by atoms with Crippen LogP contribution in [0.1, 0.15) is 43.4 Å². The average molecular weight is 245 g/mol. The Balaban J connectivity index is 2.82. The number of hydrogen-bond donors (Lipinski definition) is 1. The monoisotopic (exact) mass is 245 g/mol. The molecule has 1 atom stereocenters. The van der Waals surface area contributed by atoms with E-state index in [1.54, 1.807) is 19.2 Å². The first-order chi connectivity index (χ1) is 7.83. The minimum atomic E-state index is -4.15. The van der Waals surface area contributed by atoms with Gasteiger partial charge in [0.15, 0.2) is 0 Å². The second kappa shape index (κ2) is 5.54. The van der Waals surface area contributed by atoms with Crippen LogP contribution in [0.3, 0.4) is 0 Å². The number of nitrogens with one attached hydrogen (secondary N) is 1. The van der Waals surface area contributed by atoms with Crippen LogP contribution in [0.2, 0.25) is 0 Å². The maximum Gasteiger partial charge on any atom is 0.390 e. The van der Waals surface area contributed by atoms with Gasteiger partial charge in [0.1, 0.15) is 0 Å². The SMILES string of the molecule is CNC(CC(F)(F)F)c1ccc(C(C)C)cc1.